The quantitative estimate of drug-likeness (QED) is 0.389. The van der Waals surface area contributed by atoms with E-state index in [0.717, 1.165) is 19.3 Å². The van der Waals surface area contributed by atoms with Crippen LogP contribution in [0.3, 0.4) is 0 Å². The topological polar surface area (TPSA) is 25.8 Å². The molecule has 0 bridgehead atoms. The molecular formula is C29H46N2. The van der Waals surface area contributed by atoms with Crippen LogP contribution < -0.4 is 0 Å². The van der Waals surface area contributed by atoms with Crippen molar-refractivity contribution in [1.29, 1.82) is 0 Å². The summed E-state index contributed by atoms with van der Waals surface area (Å²) >= 11 is 0. The van der Waals surface area contributed by atoms with Crippen LogP contribution in [0, 0.1) is 11.8 Å². The average Bonchev–Trinajstić information content (AvgIpc) is 2.67. The van der Waals surface area contributed by atoms with Crippen LogP contribution in [0.2, 0.25) is 0 Å². The molecule has 0 spiro atoms. The molecule has 2 nitrogen and oxygen atoms in total. The fraction of sp³-hybridized carbons (Fsp3) is 0.655. The van der Waals surface area contributed by atoms with Gasteiger partial charge in [-0.1, -0.05) is 75.2 Å². The van der Waals surface area contributed by atoms with E-state index in [9.17, 15) is 0 Å². The molecule has 0 fully saturated rings. The van der Waals surface area contributed by atoms with Gasteiger partial charge in [0, 0.05) is 34.1 Å². The second kappa shape index (κ2) is 10.7. The Labute approximate surface area is 192 Å². The van der Waals surface area contributed by atoms with Gasteiger partial charge in [0.25, 0.3) is 0 Å². The minimum absolute atomic E-state index is 0.0934. The second-order valence-corrected chi connectivity index (χ2v) is 11.4. The number of hydrogen-bond donors (Lipinski definition) is 0. The lowest BCUT2D eigenvalue weighted by atomic mass is 9.82. The van der Waals surface area contributed by atoms with Gasteiger partial charge in [0.15, 0.2) is 0 Å². The van der Waals surface area contributed by atoms with Crippen molar-refractivity contribution >= 4 is 0 Å². The van der Waals surface area contributed by atoms with Crippen LogP contribution in [0.25, 0.3) is 0 Å². The molecule has 2 unspecified atom stereocenters. The molecule has 2 heteroatoms. The summed E-state index contributed by atoms with van der Waals surface area (Å²) in [5, 5.41) is 0. The number of hydrogen-bond acceptors (Lipinski definition) is 2. The molecule has 0 aromatic carbocycles. The lowest BCUT2D eigenvalue weighted by Crippen LogP contribution is -2.21. The molecule has 0 amide bonds. The Balaban J connectivity index is 2.18. The van der Waals surface area contributed by atoms with Crippen LogP contribution in [-0.2, 0) is 30.1 Å². The van der Waals surface area contributed by atoms with Gasteiger partial charge < -0.3 is 0 Å². The molecule has 172 valence electrons. The Morgan fingerprint density at radius 2 is 1.45 bits per heavy atom. The summed E-state index contributed by atoms with van der Waals surface area (Å²) < 4.78 is 0. The Hall–Kier alpha value is -1.70. The number of nitrogens with zero attached hydrogens (tertiary/aromatic N) is 2. The normalized spacial score (nSPS) is 14.5. The zero-order valence-corrected chi connectivity index (χ0v) is 21.7. The molecule has 2 rings (SSSR count). The van der Waals surface area contributed by atoms with Crippen LogP contribution >= 0.6 is 0 Å². The third-order valence-electron chi connectivity index (χ3n) is 6.70. The van der Waals surface area contributed by atoms with Crippen molar-refractivity contribution in [3.8, 4) is 0 Å². The van der Waals surface area contributed by atoms with Crippen molar-refractivity contribution in [2.24, 2.45) is 11.8 Å². The summed E-state index contributed by atoms with van der Waals surface area (Å²) in [6, 6.07) is 9.21. The van der Waals surface area contributed by atoms with E-state index in [4.69, 9.17) is 4.98 Å². The fourth-order valence-corrected chi connectivity index (χ4v) is 4.40. The van der Waals surface area contributed by atoms with Crippen LogP contribution in [0.4, 0.5) is 0 Å². The van der Waals surface area contributed by atoms with Gasteiger partial charge in [0.05, 0.1) is 0 Å². The van der Waals surface area contributed by atoms with Gasteiger partial charge in [-0.2, -0.15) is 0 Å². The van der Waals surface area contributed by atoms with E-state index < -0.39 is 0 Å². The standard InChI is InChI=1S/C29H46N2/c1-10-12-23-18-25(31-27(20-23)29(8,9)14-11-2)17-22(4)21(3)16-24-13-15-30-26(19-24)28(5,6)7/h13,15,18-22H,10-12,14,16-17H2,1-9H3. The first-order valence-electron chi connectivity index (χ1n) is 12.4. The SMILES string of the molecule is CCCc1cc(CC(C)C(C)Cc2ccnc(C(C)(C)C)c2)nc(C(C)(C)CCC)c1. The van der Waals surface area contributed by atoms with Crippen molar-refractivity contribution in [1.82, 2.24) is 9.97 Å². The van der Waals surface area contributed by atoms with Gasteiger partial charge in [0.2, 0.25) is 0 Å². The molecule has 2 aromatic rings. The van der Waals surface area contributed by atoms with Crippen LogP contribution in [0.15, 0.2) is 30.5 Å². The molecule has 31 heavy (non-hydrogen) atoms. The Morgan fingerprint density at radius 1 is 0.806 bits per heavy atom. The minimum atomic E-state index is 0.0934. The smallest absolute Gasteiger partial charge is 0.0465 e. The number of aryl methyl sites for hydroxylation is 1. The minimum Gasteiger partial charge on any atom is -0.261 e. The highest BCUT2D eigenvalue weighted by atomic mass is 14.7. The van der Waals surface area contributed by atoms with E-state index in [1.54, 1.807) is 0 Å². The summed E-state index contributed by atoms with van der Waals surface area (Å²) in [6.07, 6.45) is 8.81. The zero-order valence-electron chi connectivity index (χ0n) is 21.7. The first-order chi connectivity index (χ1) is 14.5. The van der Waals surface area contributed by atoms with E-state index in [0.29, 0.717) is 11.8 Å². The van der Waals surface area contributed by atoms with E-state index in [2.05, 4.69) is 91.6 Å². The molecule has 2 aromatic heterocycles. The van der Waals surface area contributed by atoms with E-state index in [1.807, 2.05) is 6.20 Å². The van der Waals surface area contributed by atoms with Crippen molar-refractivity contribution in [3.05, 3.63) is 58.7 Å². The monoisotopic (exact) mass is 422 g/mol. The Bertz CT molecular complexity index is 829. The van der Waals surface area contributed by atoms with E-state index in [-0.39, 0.29) is 10.8 Å². The molecule has 0 aliphatic rings. The predicted molar refractivity (Wildman–Crippen MR) is 135 cm³/mol. The van der Waals surface area contributed by atoms with Crippen molar-refractivity contribution in [2.45, 2.75) is 112 Å². The number of aromatic nitrogens is 2. The van der Waals surface area contributed by atoms with Gasteiger partial charge in [-0.15, -0.1) is 0 Å². The van der Waals surface area contributed by atoms with Gasteiger partial charge in [-0.25, -0.2) is 0 Å². The highest BCUT2D eigenvalue weighted by molar-refractivity contribution is 5.27. The average molecular weight is 423 g/mol. The summed E-state index contributed by atoms with van der Waals surface area (Å²) in [5.74, 6) is 1.18. The molecular weight excluding hydrogens is 376 g/mol. The summed E-state index contributed by atoms with van der Waals surface area (Å²) in [5.41, 5.74) is 6.82. The van der Waals surface area contributed by atoms with Gasteiger partial charge in [0.1, 0.15) is 0 Å². The zero-order chi connectivity index (χ0) is 23.2. The first-order valence-corrected chi connectivity index (χ1v) is 12.4. The van der Waals surface area contributed by atoms with E-state index >= 15 is 0 Å². The third-order valence-corrected chi connectivity index (χ3v) is 6.70. The van der Waals surface area contributed by atoms with Crippen LogP contribution in [0.5, 0.6) is 0 Å². The Kier molecular flexibility index (Phi) is 8.86. The maximum Gasteiger partial charge on any atom is 0.0465 e. The molecule has 0 saturated carbocycles. The third kappa shape index (κ3) is 7.44. The summed E-state index contributed by atoms with van der Waals surface area (Å²) in [6.45, 7) is 20.7. The fourth-order valence-electron chi connectivity index (χ4n) is 4.40. The predicted octanol–water partition coefficient (Wildman–Crippen LogP) is 7.86. The highest BCUT2D eigenvalue weighted by Crippen LogP contribution is 2.30. The molecule has 0 aliphatic heterocycles. The molecule has 0 N–H and O–H groups in total. The number of pyridine rings is 2. The lowest BCUT2D eigenvalue weighted by molar-refractivity contribution is 0.378. The maximum absolute atomic E-state index is 5.17. The van der Waals surface area contributed by atoms with Crippen molar-refractivity contribution in [2.75, 3.05) is 0 Å². The van der Waals surface area contributed by atoms with E-state index in [1.165, 1.54) is 47.5 Å². The molecule has 0 saturated heterocycles. The maximum atomic E-state index is 5.17. The van der Waals surface area contributed by atoms with Gasteiger partial charge >= 0.3 is 0 Å². The molecule has 2 atom stereocenters. The van der Waals surface area contributed by atoms with Gasteiger partial charge in [-0.3, -0.25) is 9.97 Å². The van der Waals surface area contributed by atoms with Gasteiger partial charge in [-0.05, 0) is 72.9 Å². The largest absolute Gasteiger partial charge is 0.261 e. The van der Waals surface area contributed by atoms with Crippen molar-refractivity contribution in [3.63, 3.8) is 0 Å². The molecule has 0 aliphatic carbocycles. The second-order valence-electron chi connectivity index (χ2n) is 11.4. The molecule has 0 radical (unpaired) electrons. The van der Waals surface area contributed by atoms with Crippen molar-refractivity contribution < 1.29 is 0 Å². The first kappa shape index (κ1) is 25.6. The van der Waals surface area contributed by atoms with Crippen LogP contribution in [-0.4, -0.2) is 9.97 Å². The Morgan fingerprint density at radius 3 is 2.06 bits per heavy atom. The molecule has 2 heterocycles. The van der Waals surface area contributed by atoms with Crippen LogP contribution in [0.1, 0.15) is 110 Å². The lowest BCUT2D eigenvalue weighted by Gasteiger charge is -2.26. The number of rotatable bonds is 10. The summed E-state index contributed by atoms with van der Waals surface area (Å²) in [7, 11) is 0. The summed E-state index contributed by atoms with van der Waals surface area (Å²) in [4.78, 5) is 9.77. The highest BCUT2D eigenvalue weighted by Gasteiger charge is 2.23.